The lowest BCUT2D eigenvalue weighted by molar-refractivity contribution is 0.412. The normalized spacial score (nSPS) is 12.5. The molecule has 118 valence electrons. The van der Waals surface area contributed by atoms with Gasteiger partial charge in [-0.2, -0.15) is 0 Å². The van der Waals surface area contributed by atoms with E-state index in [4.69, 9.17) is 0 Å². The van der Waals surface area contributed by atoms with E-state index in [0.29, 0.717) is 5.56 Å². The van der Waals surface area contributed by atoms with Crippen molar-refractivity contribution in [2.45, 2.75) is 46.8 Å². The maximum absolute atomic E-state index is 14.0. The monoisotopic (exact) mass is 315 g/mol. The van der Waals surface area contributed by atoms with Crippen molar-refractivity contribution in [1.29, 1.82) is 0 Å². The third-order valence-corrected chi connectivity index (χ3v) is 5.73. The van der Waals surface area contributed by atoms with Crippen LogP contribution >= 0.6 is 0 Å². The zero-order chi connectivity index (χ0) is 16.5. The van der Waals surface area contributed by atoms with Crippen LogP contribution in [0.3, 0.4) is 0 Å². The second-order valence-electron chi connectivity index (χ2n) is 8.19. The molecular weight excluding hydrogens is 289 g/mol. The molecule has 2 rings (SSSR count). The molecule has 0 aliphatic heterocycles. The quantitative estimate of drug-likeness (QED) is 0.725. The number of nitrogens with zero attached hydrogens (tertiary/aromatic N) is 1. The van der Waals surface area contributed by atoms with Crippen LogP contribution in [0.25, 0.3) is 11.3 Å². The minimum atomic E-state index is -1.47. The molecule has 0 N–H and O–H groups in total. The summed E-state index contributed by atoms with van der Waals surface area (Å²) in [6, 6.07) is 8.96. The Morgan fingerprint density at radius 1 is 1.09 bits per heavy atom. The molecule has 1 aromatic heterocycles. The number of rotatable bonds is 3. The number of aromatic nitrogens is 1. The van der Waals surface area contributed by atoms with E-state index in [9.17, 15) is 4.39 Å². The molecule has 0 saturated heterocycles. The fraction of sp³-hybridized carbons (Fsp3) is 0.421. The van der Waals surface area contributed by atoms with Crippen LogP contribution < -0.4 is 5.19 Å². The first-order valence-corrected chi connectivity index (χ1v) is 11.3. The largest absolute Gasteiger partial charge is 0.256 e. The van der Waals surface area contributed by atoms with Crippen molar-refractivity contribution in [3.05, 3.63) is 47.9 Å². The van der Waals surface area contributed by atoms with E-state index >= 15 is 0 Å². The third kappa shape index (κ3) is 4.04. The lowest BCUT2D eigenvalue weighted by atomic mass is 9.88. The molecule has 1 aromatic carbocycles. The summed E-state index contributed by atoms with van der Waals surface area (Å²) in [6.45, 7) is 13.7. The molecule has 22 heavy (non-hydrogen) atoms. The van der Waals surface area contributed by atoms with Crippen LogP contribution in [0.4, 0.5) is 4.39 Å². The predicted octanol–water partition coefficient (Wildman–Crippen LogP) is 5.02. The Morgan fingerprint density at radius 3 is 2.27 bits per heavy atom. The number of benzene rings is 1. The van der Waals surface area contributed by atoms with Crippen molar-refractivity contribution in [2.24, 2.45) is 5.41 Å². The molecule has 0 bridgehead atoms. The fourth-order valence-corrected chi connectivity index (χ4v) is 4.28. The summed E-state index contributed by atoms with van der Waals surface area (Å²) < 4.78 is 14.0. The zero-order valence-electron chi connectivity index (χ0n) is 14.5. The molecule has 1 heterocycles. The molecule has 3 heteroatoms. The smallest absolute Gasteiger partial charge is 0.132 e. The van der Waals surface area contributed by atoms with Gasteiger partial charge in [0.15, 0.2) is 0 Å². The van der Waals surface area contributed by atoms with Gasteiger partial charge in [0.05, 0.1) is 13.8 Å². The summed E-state index contributed by atoms with van der Waals surface area (Å²) in [5, 5.41) is 1.38. The Hall–Kier alpha value is -1.48. The Morgan fingerprint density at radius 2 is 1.73 bits per heavy atom. The van der Waals surface area contributed by atoms with E-state index in [1.807, 2.05) is 12.3 Å². The highest BCUT2D eigenvalue weighted by atomic mass is 28.3. The maximum atomic E-state index is 14.0. The molecule has 2 aromatic rings. The molecular formula is C19H26FNSi. The number of hydrogen-bond acceptors (Lipinski definition) is 1. The van der Waals surface area contributed by atoms with Crippen LogP contribution in [0.15, 0.2) is 36.5 Å². The van der Waals surface area contributed by atoms with Crippen molar-refractivity contribution in [2.75, 3.05) is 0 Å². The van der Waals surface area contributed by atoms with E-state index in [0.717, 1.165) is 12.1 Å². The summed E-state index contributed by atoms with van der Waals surface area (Å²) in [7, 11) is -1.47. The van der Waals surface area contributed by atoms with Gasteiger partial charge in [-0.1, -0.05) is 52.5 Å². The Kier molecular flexibility index (Phi) is 4.57. The van der Waals surface area contributed by atoms with Crippen LogP contribution in [0.2, 0.25) is 19.6 Å². The average Bonchev–Trinajstić information content (AvgIpc) is 2.35. The minimum absolute atomic E-state index is 0.197. The molecule has 0 radical (unpaired) electrons. The van der Waals surface area contributed by atoms with Gasteiger partial charge in [0.25, 0.3) is 0 Å². The predicted molar refractivity (Wildman–Crippen MR) is 95.8 cm³/mol. The first-order valence-electron chi connectivity index (χ1n) is 7.82. The Bertz CT molecular complexity index is 666. The van der Waals surface area contributed by atoms with Crippen LogP contribution in [0.1, 0.15) is 26.3 Å². The molecule has 0 aliphatic rings. The van der Waals surface area contributed by atoms with Crippen LogP contribution in [0.5, 0.6) is 0 Å². The maximum Gasteiger partial charge on any atom is 0.132 e. The number of halogens is 1. The summed E-state index contributed by atoms with van der Waals surface area (Å²) in [5.74, 6) is -0.211. The SMILES string of the molecule is CC(C)(C)Cc1cc(-c2ccccc2F)ncc1[Si](C)(C)C. The van der Waals surface area contributed by atoms with Gasteiger partial charge in [-0.25, -0.2) is 4.39 Å². The van der Waals surface area contributed by atoms with Gasteiger partial charge in [0.2, 0.25) is 0 Å². The van der Waals surface area contributed by atoms with Gasteiger partial charge < -0.3 is 0 Å². The fourth-order valence-electron chi connectivity index (χ4n) is 2.71. The van der Waals surface area contributed by atoms with Gasteiger partial charge in [-0.05, 0) is 40.8 Å². The molecule has 0 spiro atoms. The van der Waals surface area contributed by atoms with Gasteiger partial charge >= 0.3 is 0 Å². The van der Waals surface area contributed by atoms with Gasteiger partial charge in [0, 0.05) is 11.8 Å². The second kappa shape index (κ2) is 5.96. The molecule has 0 amide bonds. The van der Waals surface area contributed by atoms with E-state index in [-0.39, 0.29) is 11.2 Å². The van der Waals surface area contributed by atoms with Gasteiger partial charge in [0.1, 0.15) is 5.82 Å². The van der Waals surface area contributed by atoms with Crippen LogP contribution in [0, 0.1) is 11.2 Å². The topological polar surface area (TPSA) is 12.9 Å². The number of hydrogen-bond donors (Lipinski definition) is 0. The first kappa shape index (κ1) is 16.9. The van der Waals surface area contributed by atoms with E-state index in [1.165, 1.54) is 16.8 Å². The molecule has 0 saturated carbocycles. The van der Waals surface area contributed by atoms with E-state index < -0.39 is 8.07 Å². The highest BCUT2D eigenvalue weighted by molar-refractivity contribution is 6.89. The van der Waals surface area contributed by atoms with Crippen molar-refractivity contribution in [1.82, 2.24) is 4.98 Å². The summed E-state index contributed by atoms with van der Waals surface area (Å²) in [5.41, 5.74) is 2.83. The van der Waals surface area contributed by atoms with E-state index in [1.54, 1.807) is 12.1 Å². The second-order valence-corrected chi connectivity index (χ2v) is 13.2. The first-order chi connectivity index (χ1) is 10.1. The lowest BCUT2D eigenvalue weighted by Crippen LogP contribution is -2.41. The number of pyridine rings is 1. The molecule has 0 aliphatic carbocycles. The minimum Gasteiger partial charge on any atom is -0.256 e. The van der Waals surface area contributed by atoms with Crippen molar-refractivity contribution >= 4 is 13.3 Å². The Labute approximate surface area is 134 Å². The van der Waals surface area contributed by atoms with Gasteiger partial charge in [-0.3, -0.25) is 4.98 Å². The van der Waals surface area contributed by atoms with Crippen LogP contribution in [-0.4, -0.2) is 13.1 Å². The highest BCUT2D eigenvalue weighted by Gasteiger charge is 2.24. The standard InChI is InChI=1S/C19H26FNSi/c1-19(2,3)12-14-11-17(15-9-7-8-10-16(15)20)21-13-18(14)22(4,5)6/h7-11,13H,12H2,1-6H3. The zero-order valence-corrected chi connectivity index (χ0v) is 15.5. The van der Waals surface area contributed by atoms with Gasteiger partial charge in [-0.15, -0.1) is 0 Å². The average molecular weight is 316 g/mol. The Balaban J connectivity index is 2.57. The molecule has 1 nitrogen and oxygen atoms in total. The molecule has 0 unspecified atom stereocenters. The summed E-state index contributed by atoms with van der Waals surface area (Å²) in [6.07, 6.45) is 2.96. The van der Waals surface area contributed by atoms with Crippen molar-refractivity contribution in [3.8, 4) is 11.3 Å². The molecule has 0 fully saturated rings. The van der Waals surface area contributed by atoms with Crippen LogP contribution in [-0.2, 0) is 6.42 Å². The summed E-state index contributed by atoms with van der Waals surface area (Å²) in [4.78, 5) is 4.56. The molecule has 0 atom stereocenters. The third-order valence-electron chi connectivity index (χ3n) is 3.67. The van der Waals surface area contributed by atoms with Crippen molar-refractivity contribution < 1.29 is 4.39 Å². The van der Waals surface area contributed by atoms with Crippen molar-refractivity contribution in [3.63, 3.8) is 0 Å². The van der Waals surface area contributed by atoms with E-state index in [2.05, 4.69) is 51.5 Å². The lowest BCUT2D eigenvalue weighted by Gasteiger charge is -2.26. The highest BCUT2D eigenvalue weighted by Crippen LogP contribution is 2.26. The summed E-state index contributed by atoms with van der Waals surface area (Å²) >= 11 is 0.